The van der Waals surface area contributed by atoms with Gasteiger partial charge in [-0.05, 0) is 79.3 Å². The molecular weight excluding hydrogens is 374 g/mol. The standard InChI is InChI=1S/C28H32F2/c1-3-5-6-8-23-19-27(29)26(28(30)20-23)18-13-22-11-16-25(17-12-22)24-14-9-21(7-4-2)10-15-24/h6,8,11-12,16-17,19-21,24H,3-5,7,9-10,14-15H2,1-2H3. The Morgan fingerprint density at radius 1 is 0.900 bits per heavy atom. The third-order valence-corrected chi connectivity index (χ3v) is 6.09. The lowest BCUT2D eigenvalue weighted by molar-refractivity contribution is 0.308. The molecule has 1 saturated carbocycles. The molecule has 2 heteroatoms. The van der Waals surface area contributed by atoms with E-state index in [4.69, 9.17) is 0 Å². The maximum absolute atomic E-state index is 14.3. The number of benzene rings is 2. The summed E-state index contributed by atoms with van der Waals surface area (Å²) < 4.78 is 28.7. The van der Waals surface area contributed by atoms with Gasteiger partial charge < -0.3 is 0 Å². The average Bonchev–Trinajstić information content (AvgIpc) is 2.75. The number of unbranched alkanes of at least 4 members (excludes halogenated alkanes) is 1. The molecule has 2 aromatic carbocycles. The van der Waals surface area contributed by atoms with Gasteiger partial charge in [0, 0.05) is 5.56 Å². The van der Waals surface area contributed by atoms with E-state index in [9.17, 15) is 8.78 Å². The van der Waals surface area contributed by atoms with E-state index >= 15 is 0 Å². The van der Waals surface area contributed by atoms with Crippen LogP contribution in [0.5, 0.6) is 0 Å². The molecule has 30 heavy (non-hydrogen) atoms. The molecule has 0 heterocycles. The second-order valence-electron chi connectivity index (χ2n) is 8.43. The van der Waals surface area contributed by atoms with E-state index in [2.05, 4.69) is 37.8 Å². The van der Waals surface area contributed by atoms with Crippen LogP contribution >= 0.6 is 0 Å². The smallest absolute Gasteiger partial charge is 0.142 e. The Hall–Kier alpha value is -2.40. The van der Waals surface area contributed by atoms with Crippen molar-refractivity contribution in [3.8, 4) is 11.8 Å². The van der Waals surface area contributed by atoms with E-state index in [0.717, 1.165) is 24.3 Å². The second-order valence-corrected chi connectivity index (χ2v) is 8.43. The topological polar surface area (TPSA) is 0 Å². The molecule has 1 aliphatic rings. The third kappa shape index (κ3) is 6.05. The van der Waals surface area contributed by atoms with Gasteiger partial charge in [-0.15, -0.1) is 0 Å². The van der Waals surface area contributed by atoms with Gasteiger partial charge in [-0.1, -0.05) is 69.2 Å². The zero-order chi connectivity index (χ0) is 21.3. The van der Waals surface area contributed by atoms with Gasteiger partial charge in [0.2, 0.25) is 0 Å². The summed E-state index contributed by atoms with van der Waals surface area (Å²) in [6.45, 7) is 4.33. The maximum atomic E-state index is 14.3. The molecule has 0 aromatic heterocycles. The fourth-order valence-electron chi connectivity index (χ4n) is 4.36. The molecule has 0 nitrogen and oxygen atoms in total. The summed E-state index contributed by atoms with van der Waals surface area (Å²) in [5.41, 5.74) is 2.50. The molecule has 0 N–H and O–H groups in total. The quantitative estimate of drug-likeness (QED) is 0.424. The van der Waals surface area contributed by atoms with Crippen molar-refractivity contribution in [3.63, 3.8) is 0 Å². The Bertz CT molecular complexity index is 881. The first-order chi connectivity index (χ1) is 14.6. The predicted molar refractivity (Wildman–Crippen MR) is 122 cm³/mol. The van der Waals surface area contributed by atoms with Crippen LogP contribution in [0.2, 0.25) is 0 Å². The lowest BCUT2D eigenvalue weighted by atomic mass is 9.77. The van der Waals surface area contributed by atoms with Crippen LogP contribution in [0.15, 0.2) is 42.5 Å². The van der Waals surface area contributed by atoms with Crippen molar-refractivity contribution in [2.75, 3.05) is 0 Å². The van der Waals surface area contributed by atoms with E-state index in [-0.39, 0.29) is 5.56 Å². The van der Waals surface area contributed by atoms with E-state index in [1.54, 1.807) is 6.08 Å². The molecule has 158 valence electrons. The van der Waals surface area contributed by atoms with Crippen LogP contribution in [-0.4, -0.2) is 0 Å². The summed E-state index contributed by atoms with van der Waals surface area (Å²) >= 11 is 0. The number of rotatable bonds is 6. The van der Waals surface area contributed by atoms with Crippen LogP contribution in [0.4, 0.5) is 8.78 Å². The highest BCUT2D eigenvalue weighted by Crippen LogP contribution is 2.37. The molecule has 0 radical (unpaired) electrons. The molecule has 0 unspecified atom stereocenters. The van der Waals surface area contributed by atoms with Crippen LogP contribution < -0.4 is 0 Å². The van der Waals surface area contributed by atoms with Gasteiger partial charge in [0.05, 0.1) is 5.56 Å². The summed E-state index contributed by atoms with van der Waals surface area (Å²) in [5, 5.41) is 0. The lowest BCUT2D eigenvalue weighted by Gasteiger charge is -2.28. The minimum absolute atomic E-state index is 0.166. The lowest BCUT2D eigenvalue weighted by Crippen LogP contribution is -2.13. The van der Waals surface area contributed by atoms with E-state index in [1.165, 1.54) is 56.2 Å². The van der Waals surface area contributed by atoms with Crippen LogP contribution in [-0.2, 0) is 0 Å². The fraction of sp³-hybridized carbons (Fsp3) is 0.429. The van der Waals surface area contributed by atoms with Crippen molar-refractivity contribution < 1.29 is 8.78 Å². The second kappa shape index (κ2) is 11.1. The van der Waals surface area contributed by atoms with Gasteiger partial charge in [0.15, 0.2) is 0 Å². The van der Waals surface area contributed by atoms with Crippen molar-refractivity contribution in [2.24, 2.45) is 5.92 Å². The van der Waals surface area contributed by atoms with Crippen LogP contribution in [0.3, 0.4) is 0 Å². The zero-order valence-electron chi connectivity index (χ0n) is 18.2. The SMILES string of the molecule is CCCC=Cc1cc(F)c(C#Cc2ccc(C3CCC(CCC)CC3)cc2)c(F)c1. The normalized spacial score (nSPS) is 18.9. The van der Waals surface area contributed by atoms with Gasteiger partial charge in [-0.2, -0.15) is 0 Å². The summed E-state index contributed by atoms with van der Waals surface area (Å²) in [6.07, 6.45) is 13.4. The molecule has 3 rings (SSSR count). The van der Waals surface area contributed by atoms with Crippen molar-refractivity contribution in [1.82, 2.24) is 0 Å². The van der Waals surface area contributed by atoms with Gasteiger partial charge in [-0.25, -0.2) is 8.78 Å². The molecule has 0 bridgehead atoms. The Balaban J connectivity index is 1.67. The average molecular weight is 407 g/mol. The molecular formula is C28H32F2. The van der Waals surface area contributed by atoms with E-state index in [1.807, 2.05) is 18.2 Å². The molecule has 0 saturated heterocycles. The number of allylic oxidation sites excluding steroid dienone is 1. The van der Waals surface area contributed by atoms with Crippen molar-refractivity contribution in [3.05, 3.63) is 76.4 Å². The van der Waals surface area contributed by atoms with Crippen LogP contribution in [0.25, 0.3) is 6.08 Å². The van der Waals surface area contributed by atoms with Crippen molar-refractivity contribution in [2.45, 2.75) is 71.1 Å². The zero-order valence-corrected chi connectivity index (χ0v) is 18.2. The Morgan fingerprint density at radius 3 is 2.17 bits per heavy atom. The molecule has 0 atom stereocenters. The van der Waals surface area contributed by atoms with Gasteiger partial charge in [-0.3, -0.25) is 0 Å². The Labute approximate surface area is 180 Å². The molecule has 0 aliphatic heterocycles. The predicted octanol–water partition coefficient (Wildman–Crippen LogP) is 8.25. The van der Waals surface area contributed by atoms with Crippen LogP contribution in [0, 0.1) is 29.4 Å². The van der Waals surface area contributed by atoms with Gasteiger partial charge in [0.25, 0.3) is 0 Å². The Kier molecular flexibility index (Phi) is 8.26. The third-order valence-electron chi connectivity index (χ3n) is 6.09. The number of hydrogen-bond donors (Lipinski definition) is 0. The first-order valence-electron chi connectivity index (χ1n) is 11.4. The highest BCUT2D eigenvalue weighted by molar-refractivity contribution is 5.53. The maximum Gasteiger partial charge on any atom is 0.142 e. The molecule has 0 amide bonds. The highest BCUT2D eigenvalue weighted by atomic mass is 19.1. The van der Waals surface area contributed by atoms with Gasteiger partial charge in [0.1, 0.15) is 11.6 Å². The molecule has 0 spiro atoms. The summed E-state index contributed by atoms with van der Waals surface area (Å²) in [7, 11) is 0. The van der Waals surface area contributed by atoms with Crippen molar-refractivity contribution >= 4 is 6.08 Å². The summed E-state index contributed by atoms with van der Waals surface area (Å²) in [4.78, 5) is 0. The van der Waals surface area contributed by atoms with Crippen molar-refractivity contribution in [1.29, 1.82) is 0 Å². The first-order valence-corrected chi connectivity index (χ1v) is 11.4. The van der Waals surface area contributed by atoms with E-state index < -0.39 is 11.6 Å². The highest BCUT2D eigenvalue weighted by Gasteiger charge is 2.21. The molecule has 1 aliphatic carbocycles. The summed E-state index contributed by atoms with van der Waals surface area (Å²) in [5.74, 6) is 5.91. The fourth-order valence-corrected chi connectivity index (χ4v) is 4.36. The largest absolute Gasteiger partial charge is 0.205 e. The molecule has 1 fully saturated rings. The minimum Gasteiger partial charge on any atom is -0.205 e. The number of halogens is 2. The summed E-state index contributed by atoms with van der Waals surface area (Å²) in [6, 6.07) is 10.9. The Morgan fingerprint density at radius 2 is 1.57 bits per heavy atom. The van der Waals surface area contributed by atoms with Gasteiger partial charge >= 0.3 is 0 Å². The van der Waals surface area contributed by atoms with Crippen LogP contribution in [0.1, 0.15) is 93.4 Å². The minimum atomic E-state index is -0.612. The monoisotopic (exact) mass is 406 g/mol. The molecule has 2 aromatic rings. The first kappa shape index (κ1) is 22.3. The van der Waals surface area contributed by atoms with E-state index in [0.29, 0.717) is 11.5 Å². The number of hydrogen-bond acceptors (Lipinski definition) is 0.